The van der Waals surface area contributed by atoms with Crippen LogP contribution in [0.3, 0.4) is 0 Å². The van der Waals surface area contributed by atoms with E-state index in [2.05, 4.69) is 15.0 Å². The third-order valence-corrected chi connectivity index (χ3v) is 4.08. The summed E-state index contributed by atoms with van der Waals surface area (Å²) in [6, 6.07) is 8.66. The lowest BCUT2D eigenvalue weighted by Gasteiger charge is -2.37. The molecule has 1 aromatic carbocycles. The van der Waals surface area contributed by atoms with Crippen molar-refractivity contribution in [2.24, 2.45) is 4.99 Å². The van der Waals surface area contributed by atoms with E-state index in [1.807, 2.05) is 56.0 Å². The number of urea groups is 1. The van der Waals surface area contributed by atoms with Crippen molar-refractivity contribution in [3.05, 3.63) is 35.9 Å². The van der Waals surface area contributed by atoms with Gasteiger partial charge in [-0.15, -0.1) is 0 Å². The SMILES string of the molecule is COC(=O)CNC(=O)/N=C(\c1ccccc1)N1CCN(C(=O)OC(C)(C)C)CC1. The zero-order chi connectivity index (χ0) is 21.4. The maximum absolute atomic E-state index is 12.3. The summed E-state index contributed by atoms with van der Waals surface area (Å²) >= 11 is 0. The zero-order valence-corrected chi connectivity index (χ0v) is 17.3. The molecule has 1 heterocycles. The Hall–Kier alpha value is -3.10. The van der Waals surface area contributed by atoms with Crippen LogP contribution < -0.4 is 5.32 Å². The molecule has 0 radical (unpaired) electrons. The predicted molar refractivity (Wildman–Crippen MR) is 108 cm³/mol. The lowest BCUT2D eigenvalue weighted by atomic mass is 10.1. The molecule has 0 spiro atoms. The molecular weight excluding hydrogens is 376 g/mol. The van der Waals surface area contributed by atoms with Crippen LogP contribution in [0.25, 0.3) is 0 Å². The van der Waals surface area contributed by atoms with Crippen LogP contribution in [0, 0.1) is 0 Å². The minimum absolute atomic E-state index is 0.257. The molecule has 0 aromatic heterocycles. The van der Waals surface area contributed by atoms with Gasteiger partial charge in [-0.2, -0.15) is 4.99 Å². The molecule has 1 N–H and O–H groups in total. The van der Waals surface area contributed by atoms with Crippen molar-refractivity contribution in [2.45, 2.75) is 26.4 Å². The molecule has 0 bridgehead atoms. The lowest BCUT2D eigenvalue weighted by molar-refractivity contribution is -0.139. The molecular formula is C20H28N4O5. The minimum atomic E-state index is -0.635. The number of benzene rings is 1. The summed E-state index contributed by atoms with van der Waals surface area (Å²) in [5.74, 6) is -0.0717. The van der Waals surface area contributed by atoms with E-state index in [0.29, 0.717) is 32.0 Å². The average molecular weight is 404 g/mol. The van der Waals surface area contributed by atoms with Crippen LogP contribution in [-0.2, 0) is 14.3 Å². The molecule has 0 aliphatic carbocycles. The number of rotatable bonds is 3. The number of carbonyl (C=O) groups excluding carboxylic acids is 3. The van der Waals surface area contributed by atoms with Crippen LogP contribution in [0.1, 0.15) is 26.3 Å². The predicted octanol–water partition coefficient (Wildman–Crippen LogP) is 1.87. The van der Waals surface area contributed by atoms with Crippen molar-refractivity contribution in [1.82, 2.24) is 15.1 Å². The Morgan fingerprint density at radius 2 is 1.62 bits per heavy atom. The first-order valence-corrected chi connectivity index (χ1v) is 9.41. The number of nitrogens with zero attached hydrogens (tertiary/aromatic N) is 3. The Labute approximate surface area is 170 Å². The second-order valence-corrected chi connectivity index (χ2v) is 7.49. The highest BCUT2D eigenvalue weighted by molar-refractivity contribution is 6.05. The fourth-order valence-electron chi connectivity index (χ4n) is 2.69. The van der Waals surface area contributed by atoms with E-state index >= 15 is 0 Å². The third-order valence-electron chi connectivity index (χ3n) is 4.08. The normalized spacial score (nSPS) is 15.0. The van der Waals surface area contributed by atoms with Gasteiger partial charge < -0.3 is 24.6 Å². The van der Waals surface area contributed by atoms with Crippen molar-refractivity contribution >= 4 is 23.9 Å². The Morgan fingerprint density at radius 1 is 1.03 bits per heavy atom. The van der Waals surface area contributed by atoms with Gasteiger partial charge in [-0.25, -0.2) is 9.59 Å². The van der Waals surface area contributed by atoms with Gasteiger partial charge in [0.05, 0.1) is 7.11 Å². The van der Waals surface area contributed by atoms with Crippen molar-refractivity contribution in [1.29, 1.82) is 0 Å². The molecule has 1 fully saturated rings. The van der Waals surface area contributed by atoms with E-state index < -0.39 is 17.6 Å². The summed E-state index contributed by atoms with van der Waals surface area (Å²) < 4.78 is 9.93. The topological polar surface area (TPSA) is 101 Å². The van der Waals surface area contributed by atoms with Crippen LogP contribution in [0.5, 0.6) is 0 Å². The van der Waals surface area contributed by atoms with Crippen molar-refractivity contribution < 1.29 is 23.9 Å². The molecule has 3 amide bonds. The highest BCUT2D eigenvalue weighted by Crippen LogP contribution is 2.14. The minimum Gasteiger partial charge on any atom is -0.468 e. The number of hydrogen-bond donors (Lipinski definition) is 1. The van der Waals surface area contributed by atoms with Gasteiger partial charge in [0.25, 0.3) is 0 Å². The molecule has 0 unspecified atom stereocenters. The Morgan fingerprint density at radius 3 is 2.17 bits per heavy atom. The van der Waals surface area contributed by atoms with E-state index in [1.165, 1.54) is 7.11 Å². The summed E-state index contributed by atoms with van der Waals surface area (Å²) in [4.78, 5) is 43.4. The molecule has 29 heavy (non-hydrogen) atoms. The number of piperazine rings is 1. The molecule has 9 heteroatoms. The van der Waals surface area contributed by atoms with Gasteiger partial charge in [0, 0.05) is 31.7 Å². The smallest absolute Gasteiger partial charge is 0.410 e. The average Bonchev–Trinajstić information content (AvgIpc) is 2.69. The molecule has 9 nitrogen and oxygen atoms in total. The summed E-state index contributed by atoms with van der Waals surface area (Å²) in [6.45, 7) is 7.12. The Bertz CT molecular complexity index is 750. The zero-order valence-electron chi connectivity index (χ0n) is 17.3. The molecule has 1 aliphatic heterocycles. The largest absolute Gasteiger partial charge is 0.468 e. The first-order chi connectivity index (χ1) is 13.7. The molecule has 1 aromatic rings. The molecule has 1 aliphatic rings. The van der Waals surface area contributed by atoms with E-state index in [-0.39, 0.29) is 12.6 Å². The Balaban J connectivity index is 2.09. The van der Waals surface area contributed by atoms with Crippen LogP contribution in [-0.4, -0.2) is 79.2 Å². The summed E-state index contributed by atoms with van der Waals surface area (Å²) in [7, 11) is 1.25. The number of amides is 3. The van der Waals surface area contributed by atoms with Gasteiger partial charge in [-0.05, 0) is 20.8 Å². The Kier molecular flexibility index (Phi) is 7.58. The van der Waals surface area contributed by atoms with Crippen LogP contribution >= 0.6 is 0 Å². The maximum atomic E-state index is 12.3. The fraction of sp³-hybridized carbons (Fsp3) is 0.500. The van der Waals surface area contributed by atoms with Gasteiger partial charge in [0.1, 0.15) is 18.0 Å². The lowest BCUT2D eigenvalue weighted by Crippen LogP contribution is -2.52. The van der Waals surface area contributed by atoms with Crippen LogP contribution in [0.2, 0.25) is 0 Å². The number of esters is 1. The number of amidine groups is 1. The highest BCUT2D eigenvalue weighted by Gasteiger charge is 2.27. The van der Waals surface area contributed by atoms with Gasteiger partial charge >= 0.3 is 18.1 Å². The van der Waals surface area contributed by atoms with E-state index in [1.54, 1.807) is 4.90 Å². The second kappa shape index (κ2) is 9.90. The number of ether oxygens (including phenoxy) is 2. The molecule has 1 saturated heterocycles. The quantitative estimate of drug-likeness (QED) is 0.469. The molecule has 0 atom stereocenters. The highest BCUT2D eigenvalue weighted by atomic mass is 16.6. The number of methoxy groups -OCH3 is 1. The van der Waals surface area contributed by atoms with Crippen LogP contribution in [0.15, 0.2) is 35.3 Å². The third kappa shape index (κ3) is 7.10. The number of nitrogens with one attached hydrogen (secondary N) is 1. The van der Waals surface area contributed by atoms with Crippen LogP contribution in [0.4, 0.5) is 9.59 Å². The first-order valence-electron chi connectivity index (χ1n) is 9.41. The van der Waals surface area contributed by atoms with Gasteiger partial charge in [-0.3, -0.25) is 4.79 Å². The van der Waals surface area contributed by atoms with E-state index in [0.717, 1.165) is 5.56 Å². The monoisotopic (exact) mass is 404 g/mol. The molecule has 0 saturated carbocycles. The standard InChI is InChI=1S/C20H28N4O5/c1-20(2,3)29-19(27)24-12-10-23(11-13-24)17(15-8-6-5-7-9-15)22-18(26)21-14-16(25)28-4/h5-9H,10-14H2,1-4H3,(H,21,26)/b22-17+. The van der Waals surface area contributed by atoms with Gasteiger partial charge in [-0.1, -0.05) is 30.3 Å². The number of carbonyl (C=O) groups is 3. The van der Waals surface area contributed by atoms with Crippen molar-refractivity contribution in [3.8, 4) is 0 Å². The molecule has 2 rings (SSSR count). The first kappa shape index (κ1) is 22.2. The summed E-state index contributed by atoms with van der Waals surface area (Å²) in [5, 5.41) is 2.41. The second-order valence-electron chi connectivity index (χ2n) is 7.49. The molecule has 158 valence electrons. The fourth-order valence-corrected chi connectivity index (χ4v) is 2.69. The maximum Gasteiger partial charge on any atom is 0.410 e. The summed E-state index contributed by atoms with van der Waals surface area (Å²) in [6.07, 6.45) is -0.355. The number of aliphatic imine (C=N–C) groups is 1. The van der Waals surface area contributed by atoms with Gasteiger partial charge in [0.15, 0.2) is 0 Å². The van der Waals surface area contributed by atoms with Crippen molar-refractivity contribution in [3.63, 3.8) is 0 Å². The van der Waals surface area contributed by atoms with Gasteiger partial charge in [0.2, 0.25) is 0 Å². The van der Waals surface area contributed by atoms with E-state index in [9.17, 15) is 14.4 Å². The number of hydrogen-bond acceptors (Lipinski definition) is 5. The van der Waals surface area contributed by atoms with E-state index in [4.69, 9.17) is 4.74 Å². The summed E-state index contributed by atoms with van der Waals surface area (Å²) in [5.41, 5.74) is 0.217. The van der Waals surface area contributed by atoms with Crippen molar-refractivity contribution in [2.75, 3.05) is 39.8 Å².